The topological polar surface area (TPSA) is 15.6 Å². The molecule has 0 aliphatic carbocycles. The van der Waals surface area contributed by atoms with Gasteiger partial charge in [-0.1, -0.05) is 49.4 Å². The summed E-state index contributed by atoms with van der Waals surface area (Å²) in [5, 5.41) is 0. The first-order valence-electron chi connectivity index (χ1n) is 8.05. The Balaban J connectivity index is 1.75. The fraction of sp³-hybridized carbons (Fsp3) is 0.250. The largest absolute Gasteiger partial charge is 0.352 e. The second-order valence-corrected chi connectivity index (χ2v) is 5.96. The molecule has 2 heteroatoms. The van der Waals surface area contributed by atoms with Crippen LogP contribution >= 0.6 is 0 Å². The minimum absolute atomic E-state index is 0.988. The molecular formula is C20H20N2. The Kier molecular flexibility index (Phi) is 3.30. The predicted octanol–water partition coefficient (Wildman–Crippen LogP) is 4.58. The van der Waals surface area contributed by atoms with Crippen LogP contribution < -0.4 is 0 Å². The molecule has 0 bridgehead atoms. The maximum Gasteiger partial charge on any atom is 0.132 e. The number of rotatable bonds is 2. The summed E-state index contributed by atoms with van der Waals surface area (Å²) >= 11 is 0. The smallest absolute Gasteiger partial charge is 0.132 e. The van der Waals surface area contributed by atoms with Crippen LogP contribution in [0.5, 0.6) is 0 Å². The van der Waals surface area contributed by atoms with Crippen molar-refractivity contribution in [1.82, 2.24) is 4.90 Å². The number of para-hydroxylation sites is 1. The van der Waals surface area contributed by atoms with Gasteiger partial charge in [-0.3, -0.25) is 0 Å². The number of nitrogens with zero attached hydrogens (tertiary/aromatic N) is 2. The highest BCUT2D eigenvalue weighted by molar-refractivity contribution is 6.06. The van der Waals surface area contributed by atoms with Gasteiger partial charge in [0.1, 0.15) is 5.84 Å². The molecule has 0 amide bonds. The van der Waals surface area contributed by atoms with Crippen molar-refractivity contribution in [2.24, 2.45) is 4.99 Å². The molecular weight excluding hydrogens is 268 g/mol. The predicted molar refractivity (Wildman–Crippen MR) is 92.4 cm³/mol. The van der Waals surface area contributed by atoms with Gasteiger partial charge in [0.05, 0.1) is 5.69 Å². The lowest BCUT2D eigenvalue weighted by molar-refractivity contribution is 0.443. The summed E-state index contributed by atoms with van der Waals surface area (Å²) in [4.78, 5) is 7.32. The van der Waals surface area contributed by atoms with Crippen LogP contribution in [0.25, 0.3) is 6.08 Å². The lowest BCUT2D eigenvalue weighted by atomic mass is 10.0. The highest BCUT2D eigenvalue weighted by Crippen LogP contribution is 2.33. The first kappa shape index (κ1) is 13.3. The van der Waals surface area contributed by atoms with Crippen molar-refractivity contribution in [2.45, 2.75) is 26.3 Å². The molecule has 2 aromatic carbocycles. The van der Waals surface area contributed by atoms with Gasteiger partial charge in [0, 0.05) is 13.1 Å². The first-order chi connectivity index (χ1) is 10.8. The number of benzene rings is 2. The van der Waals surface area contributed by atoms with Gasteiger partial charge in [0.2, 0.25) is 0 Å². The van der Waals surface area contributed by atoms with E-state index in [4.69, 9.17) is 4.99 Å². The molecule has 1 saturated heterocycles. The minimum atomic E-state index is 0.988. The standard InChI is InChI=1S/C20H20N2/c1-2-15-7-3-4-8-16(15)13-17-11-12-22-14-18-9-5-6-10-19(18)21-20(17)22/h3-10,13H,2,11-12,14H2,1H3. The van der Waals surface area contributed by atoms with Gasteiger partial charge in [-0.05, 0) is 47.2 Å². The van der Waals surface area contributed by atoms with E-state index in [2.05, 4.69) is 66.4 Å². The molecule has 0 aromatic heterocycles. The molecule has 2 aliphatic rings. The number of aryl methyl sites for hydroxylation is 1. The number of hydrogen-bond acceptors (Lipinski definition) is 2. The average Bonchev–Trinajstić information content (AvgIpc) is 2.95. The first-order valence-corrected chi connectivity index (χ1v) is 8.05. The van der Waals surface area contributed by atoms with Gasteiger partial charge in [0.25, 0.3) is 0 Å². The van der Waals surface area contributed by atoms with Crippen LogP contribution in [0.1, 0.15) is 30.0 Å². The lowest BCUT2D eigenvalue weighted by Crippen LogP contribution is -2.27. The van der Waals surface area contributed by atoms with E-state index in [1.165, 1.54) is 28.1 Å². The molecule has 2 heterocycles. The Morgan fingerprint density at radius 3 is 2.82 bits per heavy atom. The molecule has 2 aliphatic heterocycles. The minimum Gasteiger partial charge on any atom is -0.352 e. The van der Waals surface area contributed by atoms with Gasteiger partial charge >= 0.3 is 0 Å². The number of fused-ring (bicyclic) bond motifs is 2. The second-order valence-electron chi connectivity index (χ2n) is 5.96. The van der Waals surface area contributed by atoms with Gasteiger partial charge < -0.3 is 4.90 Å². The highest BCUT2D eigenvalue weighted by atomic mass is 15.2. The van der Waals surface area contributed by atoms with E-state index in [9.17, 15) is 0 Å². The van der Waals surface area contributed by atoms with Crippen LogP contribution in [0.2, 0.25) is 0 Å². The molecule has 0 radical (unpaired) electrons. The van der Waals surface area contributed by atoms with Crippen molar-refractivity contribution in [3.8, 4) is 0 Å². The Morgan fingerprint density at radius 1 is 1.09 bits per heavy atom. The molecule has 22 heavy (non-hydrogen) atoms. The van der Waals surface area contributed by atoms with Crippen molar-refractivity contribution in [3.05, 3.63) is 70.8 Å². The monoisotopic (exact) mass is 288 g/mol. The molecule has 2 aromatic rings. The Hall–Kier alpha value is -2.35. The number of aliphatic imine (C=N–C) groups is 1. The van der Waals surface area contributed by atoms with E-state index < -0.39 is 0 Å². The maximum absolute atomic E-state index is 4.91. The molecule has 2 nitrogen and oxygen atoms in total. The molecule has 0 spiro atoms. The quantitative estimate of drug-likeness (QED) is 0.789. The fourth-order valence-electron chi connectivity index (χ4n) is 3.37. The van der Waals surface area contributed by atoms with Crippen molar-refractivity contribution in [2.75, 3.05) is 6.54 Å². The molecule has 1 fully saturated rings. The number of hydrogen-bond donors (Lipinski definition) is 0. The zero-order valence-electron chi connectivity index (χ0n) is 12.9. The van der Waals surface area contributed by atoms with E-state index >= 15 is 0 Å². The molecule has 0 saturated carbocycles. The van der Waals surface area contributed by atoms with Crippen LogP contribution in [-0.2, 0) is 13.0 Å². The zero-order chi connectivity index (χ0) is 14.9. The molecule has 4 rings (SSSR count). The SMILES string of the molecule is CCc1ccccc1C=C1CCN2Cc3ccccc3N=C12. The lowest BCUT2D eigenvalue weighted by Gasteiger charge is -2.24. The second kappa shape index (κ2) is 5.45. The van der Waals surface area contributed by atoms with Crippen molar-refractivity contribution >= 4 is 17.6 Å². The molecule has 110 valence electrons. The third-order valence-corrected chi connectivity index (χ3v) is 4.58. The maximum atomic E-state index is 4.91. The summed E-state index contributed by atoms with van der Waals surface area (Å²) < 4.78 is 0. The van der Waals surface area contributed by atoms with Crippen molar-refractivity contribution in [1.29, 1.82) is 0 Å². The summed E-state index contributed by atoms with van der Waals surface area (Å²) in [6.45, 7) is 4.28. The van der Waals surface area contributed by atoms with E-state index in [1.807, 2.05) is 0 Å². The van der Waals surface area contributed by atoms with E-state index in [0.717, 1.165) is 31.6 Å². The summed E-state index contributed by atoms with van der Waals surface area (Å²) in [6.07, 6.45) is 4.50. The molecule has 0 atom stereocenters. The normalized spacial score (nSPS) is 18.1. The zero-order valence-corrected chi connectivity index (χ0v) is 12.9. The van der Waals surface area contributed by atoms with Crippen molar-refractivity contribution in [3.63, 3.8) is 0 Å². The van der Waals surface area contributed by atoms with E-state index in [1.54, 1.807) is 0 Å². The highest BCUT2D eigenvalue weighted by Gasteiger charge is 2.27. The Morgan fingerprint density at radius 2 is 1.91 bits per heavy atom. The molecule has 0 N–H and O–H groups in total. The van der Waals surface area contributed by atoms with Crippen LogP contribution in [0.4, 0.5) is 5.69 Å². The molecule has 0 unspecified atom stereocenters. The average molecular weight is 288 g/mol. The van der Waals surface area contributed by atoms with Crippen LogP contribution in [-0.4, -0.2) is 17.3 Å². The summed E-state index contributed by atoms with van der Waals surface area (Å²) in [5.41, 5.74) is 6.58. The van der Waals surface area contributed by atoms with Crippen LogP contribution in [0.3, 0.4) is 0 Å². The van der Waals surface area contributed by atoms with Gasteiger partial charge in [-0.15, -0.1) is 0 Å². The summed E-state index contributed by atoms with van der Waals surface area (Å²) in [5.74, 6) is 1.17. The van der Waals surface area contributed by atoms with Gasteiger partial charge in [0.15, 0.2) is 0 Å². The summed E-state index contributed by atoms with van der Waals surface area (Å²) in [7, 11) is 0. The third kappa shape index (κ3) is 2.25. The van der Waals surface area contributed by atoms with E-state index in [-0.39, 0.29) is 0 Å². The Bertz CT molecular complexity index is 771. The summed E-state index contributed by atoms with van der Waals surface area (Å²) in [6, 6.07) is 17.2. The van der Waals surface area contributed by atoms with Gasteiger partial charge in [-0.25, -0.2) is 4.99 Å². The van der Waals surface area contributed by atoms with Crippen LogP contribution in [0, 0.1) is 0 Å². The van der Waals surface area contributed by atoms with E-state index in [0.29, 0.717) is 0 Å². The number of amidine groups is 1. The Labute approximate surface area is 131 Å². The fourth-order valence-corrected chi connectivity index (χ4v) is 3.37. The van der Waals surface area contributed by atoms with Crippen LogP contribution in [0.15, 0.2) is 59.1 Å². The van der Waals surface area contributed by atoms with Gasteiger partial charge in [-0.2, -0.15) is 0 Å². The third-order valence-electron chi connectivity index (χ3n) is 4.58. The van der Waals surface area contributed by atoms with Crippen molar-refractivity contribution < 1.29 is 0 Å².